The first-order valence-electron chi connectivity index (χ1n) is 37.4. The third-order valence-corrected chi connectivity index (χ3v) is 19.7. The average molecular weight is 1660 g/mol. The molecule has 0 unspecified atom stereocenters. The standard InChI is InChI=1S/C89H83IO24/c1-2-3-4-5-6-34-53-100-87-75(112-84(97)63-47-28-13-29-48-63)73(110-82(95)61-43-24-11-25-44-61)70(107-79(92)58-37-18-8-19-38-58)67(104-87)55-102-89-77(114-86(99)65-51-32-15-33-52-65)74(111-83(96)62-45-26-12-27-46-62)71(108-80(93)59-39-20-9-21-40-59)68(105-89)56-101-88-76(113-85(98)64-49-30-14-31-50-64)72(109-81(94)60-41-22-10-23-42-60)69(66(54-90)103-88)106-78(91)57-35-16-7-17-36-57/h7-33,35-52,66-77,87-89H,2-6,34,53-56H2,1H3/t66-,67-,68-,69-,70-,71-,72+,73+,74+,75+,76+,77+,87+,88+,89+/m1/s1. The van der Waals surface area contributed by atoms with Gasteiger partial charge in [-0.2, -0.15) is 0 Å². The van der Waals surface area contributed by atoms with Crippen LogP contribution in [-0.4, -0.2) is 170 Å². The molecule has 12 rings (SSSR count). The normalized spacial score (nSPS) is 23.1. The molecule has 15 atom stereocenters. The summed E-state index contributed by atoms with van der Waals surface area (Å²) in [6.45, 7) is 0.427. The molecule has 3 aliphatic rings. The van der Waals surface area contributed by atoms with Crippen LogP contribution in [0.4, 0.5) is 0 Å². The summed E-state index contributed by atoms with van der Waals surface area (Å²) in [5.74, 6) is -8.67. The van der Waals surface area contributed by atoms with Gasteiger partial charge in [0.15, 0.2) is 73.8 Å². The quantitative estimate of drug-likeness (QED) is 0.0121. The van der Waals surface area contributed by atoms with Gasteiger partial charge < -0.3 is 71.1 Å². The smallest absolute Gasteiger partial charge is 0.338 e. The Kier molecular flexibility index (Phi) is 29.9. The summed E-state index contributed by atoms with van der Waals surface area (Å²) in [6, 6.07) is 70.5. The summed E-state index contributed by atoms with van der Waals surface area (Å²) in [6.07, 6.45) is -21.6. The monoisotopic (exact) mass is 1660 g/mol. The van der Waals surface area contributed by atoms with Crippen LogP contribution in [0.15, 0.2) is 273 Å². The molecule has 0 radical (unpaired) electrons. The molecule has 9 aromatic rings. The van der Waals surface area contributed by atoms with Gasteiger partial charge in [0.1, 0.15) is 18.3 Å². The van der Waals surface area contributed by atoms with Crippen LogP contribution < -0.4 is 0 Å². The summed E-state index contributed by atoms with van der Waals surface area (Å²) < 4.78 is 98.9. The molecule has 114 heavy (non-hydrogen) atoms. The largest absolute Gasteiger partial charge is 0.452 e. The number of halogens is 1. The number of esters is 9. The Balaban J connectivity index is 0.985. The van der Waals surface area contributed by atoms with Gasteiger partial charge >= 0.3 is 53.7 Å². The Labute approximate surface area is 671 Å². The van der Waals surface area contributed by atoms with Crippen molar-refractivity contribution in [1.82, 2.24) is 0 Å². The van der Waals surface area contributed by atoms with Crippen molar-refractivity contribution in [2.24, 2.45) is 0 Å². The van der Waals surface area contributed by atoms with Crippen LogP contribution in [0.3, 0.4) is 0 Å². The zero-order valence-electron chi connectivity index (χ0n) is 61.9. The Morgan fingerprint density at radius 3 is 0.675 bits per heavy atom. The van der Waals surface area contributed by atoms with Crippen molar-refractivity contribution in [3.63, 3.8) is 0 Å². The van der Waals surface area contributed by atoms with Gasteiger partial charge in [0.2, 0.25) is 0 Å². The summed E-state index contributed by atoms with van der Waals surface area (Å²) in [4.78, 5) is 133. The Morgan fingerprint density at radius 1 is 0.246 bits per heavy atom. The van der Waals surface area contributed by atoms with Crippen LogP contribution in [0, 0.1) is 0 Å². The lowest BCUT2D eigenvalue weighted by Gasteiger charge is -2.47. The first-order valence-corrected chi connectivity index (χ1v) is 39.0. The molecule has 0 bridgehead atoms. The molecule has 24 nitrogen and oxygen atoms in total. The highest BCUT2D eigenvalue weighted by molar-refractivity contribution is 14.1. The molecule has 0 amide bonds. The minimum Gasteiger partial charge on any atom is -0.452 e. The van der Waals surface area contributed by atoms with E-state index in [2.05, 4.69) is 6.92 Å². The lowest BCUT2D eigenvalue weighted by Crippen LogP contribution is -2.66. The van der Waals surface area contributed by atoms with Crippen molar-refractivity contribution in [2.45, 2.75) is 138 Å². The zero-order valence-corrected chi connectivity index (χ0v) is 64.0. The Hall–Kier alpha value is -11.3. The topological polar surface area (TPSA) is 292 Å². The van der Waals surface area contributed by atoms with Crippen LogP contribution in [0.25, 0.3) is 0 Å². The van der Waals surface area contributed by atoms with E-state index in [0.717, 1.165) is 32.1 Å². The molecule has 0 aromatic heterocycles. The number of alkyl halides is 1. The highest BCUT2D eigenvalue weighted by Gasteiger charge is 2.59. The first-order chi connectivity index (χ1) is 55.7. The fourth-order valence-electron chi connectivity index (χ4n) is 13.0. The van der Waals surface area contributed by atoms with E-state index < -0.39 is 159 Å². The van der Waals surface area contributed by atoms with Crippen LogP contribution in [0.1, 0.15) is 139 Å². The third kappa shape index (κ3) is 21.9. The molecule has 3 aliphatic heterocycles. The molecular weight excluding hydrogens is 1580 g/mol. The minimum atomic E-state index is -2.05. The van der Waals surface area contributed by atoms with Crippen molar-refractivity contribution in [2.75, 3.05) is 24.2 Å². The number of hydrogen-bond donors (Lipinski definition) is 0. The van der Waals surface area contributed by atoms with E-state index in [-0.39, 0.29) is 61.1 Å². The highest BCUT2D eigenvalue weighted by atomic mass is 127. The van der Waals surface area contributed by atoms with Crippen LogP contribution >= 0.6 is 22.6 Å². The van der Waals surface area contributed by atoms with Crippen LogP contribution in [0.2, 0.25) is 0 Å². The second-order valence-electron chi connectivity index (χ2n) is 26.7. The van der Waals surface area contributed by atoms with E-state index in [1.807, 2.05) is 22.6 Å². The summed E-state index contributed by atoms with van der Waals surface area (Å²) in [5, 5.41) is 0. The van der Waals surface area contributed by atoms with Gasteiger partial charge in [-0.15, -0.1) is 0 Å². The van der Waals surface area contributed by atoms with E-state index in [0.29, 0.717) is 6.42 Å². The number of benzene rings is 9. The van der Waals surface area contributed by atoms with E-state index in [1.54, 1.807) is 164 Å². The number of ether oxygens (including phenoxy) is 15. The highest BCUT2D eigenvalue weighted by Crippen LogP contribution is 2.38. The molecule has 25 heteroatoms. The van der Waals surface area contributed by atoms with Gasteiger partial charge in [0.05, 0.1) is 63.3 Å². The predicted molar refractivity (Wildman–Crippen MR) is 417 cm³/mol. The maximum atomic E-state index is 15.1. The van der Waals surface area contributed by atoms with Gasteiger partial charge in [-0.25, -0.2) is 43.2 Å². The second kappa shape index (κ2) is 41.5. The lowest BCUT2D eigenvalue weighted by atomic mass is 9.96. The first kappa shape index (κ1) is 82.2. The fourth-order valence-corrected chi connectivity index (χ4v) is 13.7. The minimum absolute atomic E-state index is 0.000575. The molecule has 3 fully saturated rings. The van der Waals surface area contributed by atoms with Gasteiger partial charge in [0.25, 0.3) is 0 Å². The number of hydrogen-bond acceptors (Lipinski definition) is 24. The number of rotatable bonds is 33. The van der Waals surface area contributed by atoms with Crippen molar-refractivity contribution in [3.05, 3.63) is 323 Å². The Morgan fingerprint density at radius 2 is 0.439 bits per heavy atom. The molecule has 0 N–H and O–H groups in total. The molecule has 0 spiro atoms. The molecule has 9 aromatic carbocycles. The second-order valence-corrected chi connectivity index (χ2v) is 27.6. The fraction of sp³-hybridized carbons (Fsp3) is 0.292. The van der Waals surface area contributed by atoms with Crippen molar-refractivity contribution in [1.29, 1.82) is 0 Å². The molecule has 0 saturated carbocycles. The van der Waals surface area contributed by atoms with E-state index in [1.165, 1.54) is 109 Å². The predicted octanol–water partition coefficient (Wildman–Crippen LogP) is 14.0. The maximum absolute atomic E-state index is 15.1. The van der Waals surface area contributed by atoms with E-state index in [9.17, 15) is 33.6 Å². The molecule has 3 heterocycles. The average Bonchev–Trinajstić information content (AvgIpc) is 0.777. The number of carbonyl (C=O) groups excluding carboxylic acids is 9. The van der Waals surface area contributed by atoms with Crippen molar-refractivity contribution < 1.29 is 114 Å². The van der Waals surface area contributed by atoms with Gasteiger partial charge in [-0.05, 0) is 116 Å². The molecule has 590 valence electrons. The number of unbranched alkanes of at least 4 members (excludes halogenated alkanes) is 5. The van der Waals surface area contributed by atoms with Crippen LogP contribution in [-0.2, 0) is 71.1 Å². The van der Waals surface area contributed by atoms with Gasteiger partial charge in [-0.3, -0.25) is 0 Å². The SMILES string of the molecule is CCCCCCCCO[C@H]1O[C@H](CO[C@H]2O[C@H](CO[C@H]3O[C@H](CI)[C@@H](OC(=O)c4ccccc4)[C@H](OC(=O)c4ccccc4)[C@@H]3OC(=O)c3ccccc3)[C@@H](OC(=O)c3ccccc3)[C@H](OC(=O)c3ccccc3)[C@@H]2OC(=O)c2ccccc2)[C@@H](OC(=O)c2ccccc2)[C@H](OC(=O)c2ccccc2)[C@@H]1OC(=O)c1ccccc1. The van der Waals surface area contributed by atoms with Crippen LogP contribution in [0.5, 0.6) is 0 Å². The zero-order chi connectivity index (χ0) is 79.6. The number of carbonyl (C=O) groups is 9. The maximum Gasteiger partial charge on any atom is 0.338 e. The third-order valence-electron chi connectivity index (χ3n) is 18.8. The van der Waals surface area contributed by atoms with Crippen molar-refractivity contribution >= 4 is 76.3 Å². The van der Waals surface area contributed by atoms with Gasteiger partial charge in [0, 0.05) is 11.0 Å². The summed E-state index contributed by atoms with van der Waals surface area (Å²) in [7, 11) is 0. The molecular formula is C89H83IO24. The summed E-state index contributed by atoms with van der Waals surface area (Å²) in [5.41, 5.74) is 0.308. The van der Waals surface area contributed by atoms with Crippen molar-refractivity contribution in [3.8, 4) is 0 Å². The summed E-state index contributed by atoms with van der Waals surface area (Å²) >= 11 is 1.99. The van der Waals surface area contributed by atoms with Gasteiger partial charge in [-0.1, -0.05) is 225 Å². The molecule has 0 aliphatic carbocycles. The lowest BCUT2D eigenvalue weighted by molar-refractivity contribution is -0.338. The molecule has 3 saturated heterocycles. The van der Waals surface area contributed by atoms with E-state index >= 15 is 9.59 Å². The Bertz CT molecular complexity index is 4600. The van der Waals surface area contributed by atoms with E-state index in [4.69, 9.17) is 71.1 Å².